The summed E-state index contributed by atoms with van der Waals surface area (Å²) in [5.74, 6) is -1.08. The molecule has 2 aromatic rings. The minimum atomic E-state index is -0.546. The standard InChI is InChI=1S/C12H10BrClFN3O/c1-6-10(14)11(17-18(6)2)12(19)16-9-4-3-7(13)5-8(9)15/h3-5H,1-2H3,(H,16,19). The van der Waals surface area contributed by atoms with Crippen LogP contribution in [0.5, 0.6) is 0 Å². The highest BCUT2D eigenvalue weighted by molar-refractivity contribution is 9.10. The fourth-order valence-electron chi connectivity index (χ4n) is 1.50. The number of hydrogen-bond donors (Lipinski definition) is 1. The quantitative estimate of drug-likeness (QED) is 0.904. The number of nitrogens with one attached hydrogen (secondary N) is 1. The Bertz CT molecular complexity index is 657. The van der Waals surface area contributed by atoms with Gasteiger partial charge in [-0.15, -0.1) is 0 Å². The first-order chi connectivity index (χ1) is 8.90. The van der Waals surface area contributed by atoms with Gasteiger partial charge in [0.15, 0.2) is 5.69 Å². The molecular weight excluding hydrogens is 337 g/mol. The molecule has 0 radical (unpaired) electrons. The van der Waals surface area contributed by atoms with Gasteiger partial charge in [0.1, 0.15) is 5.82 Å². The average Bonchev–Trinajstić information content (AvgIpc) is 2.60. The van der Waals surface area contributed by atoms with E-state index in [0.29, 0.717) is 10.2 Å². The molecule has 1 heterocycles. The molecule has 0 aliphatic heterocycles. The fourth-order valence-corrected chi connectivity index (χ4v) is 2.08. The van der Waals surface area contributed by atoms with Gasteiger partial charge in [0.25, 0.3) is 5.91 Å². The molecule has 0 aliphatic rings. The molecule has 7 heteroatoms. The van der Waals surface area contributed by atoms with E-state index >= 15 is 0 Å². The third kappa shape index (κ3) is 2.79. The minimum Gasteiger partial charge on any atom is -0.318 e. The summed E-state index contributed by atoms with van der Waals surface area (Å²) in [4.78, 5) is 12.0. The highest BCUT2D eigenvalue weighted by atomic mass is 79.9. The van der Waals surface area contributed by atoms with Gasteiger partial charge in [0, 0.05) is 11.5 Å². The Morgan fingerprint density at radius 3 is 2.74 bits per heavy atom. The van der Waals surface area contributed by atoms with Crippen molar-refractivity contribution in [2.45, 2.75) is 6.92 Å². The summed E-state index contributed by atoms with van der Waals surface area (Å²) < 4.78 is 15.7. The fraction of sp³-hybridized carbons (Fsp3) is 0.167. The zero-order valence-electron chi connectivity index (χ0n) is 10.2. The number of anilines is 1. The van der Waals surface area contributed by atoms with Crippen LogP contribution >= 0.6 is 27.5 Å². The summed E-state index contributed by atoms with van der Waals surface area (Å²) in [5, 5.41) is 6.70. The molecule has 100 valence electrons. The van der Waals surface area contributed by atoms with Crippen LogP contribution in [-0.2, 0) is 7.05 Å². The normalized spacial score (nSPS) is 10.6. The smallest absolute Gasteiger partial charge is 0.277 e. The summed E-state index contributed by atoms with van der Waals surface area (Å²) in [5.41, 5.74) is 0.819. The van der Waals surface area contributed by atoms with Crippen molar-refractivity contribution >= 4 is 39.1 Å². The number of hydrogen-bond acceptors (Lipinski definition) is 2. The molecule has 0 unspecified atom stereocenters. The number of benzene rings is 1. The molecule has 0 atom stereocenters. The number of aryl methyl sites for hydroxylation is 1. The highest BCUT2D eigenvalue weighted by Gasteiger charge is 2.19. The van der Waals surface area contributed by atoms with Crippen LogP contribution in [0.15, 0.2) is 22.7 Å². The van der Waals surface area contributed by atoms with Crippen LogP contribution in [0.1, 0.15) is 16.2 Å². The van der Waals surface area contributed by atoms with Crippen LogP contribution in [0.3, 0.4) is 0 Å². The highest BCUT2D eigenvalue weighted by Crippen LogP contribution is 2.23. The molecule has 0 aliphatic carbocycles. The third-order valence-electron chi connectivity index (χ3n) is 2.66. The monoisotopic (exact) mass is 345 g/mol. The zero-order valence-corrected chi connectivity index (χ0v) is 12.5. The Balaban J connectivity index is 2.28. The van der Waals surface area contributed by atoms with E-state index in [0.717, 1.165) is 0 Å². The molecule has 1 N–H and O–H groups in total. The van der Waals surface area contributed by atoms with Crippen LogP contribution in [-0.4, -0.2) is 15.7 Å². The van der Waals surface area contributed by atoms with Crippen molar-refractivity contribution in [1.29, 1.82) is 0 Å². The van der Waals surface area contributed by atoms with Crippen LogP contribution < -0.4 is 5.32 Å². The number of carbonyl (C=O) groups is 1. The van der Waals surface area contributed by atoms with E-state index in [1.165, 1.54) is 16.8 Å². The Labute approximate surface area is 122 Å². The maximum atomic E-state index is 13.6. The van der Waals surface area contributed by atoms with Crippen molar-refractivity contribution in [2.24, 2.45) is 7.05 Å². The van der Waals surface area contributed by atoms with Crippen molar-refractivity contribution < 1.29 is 9.18 Å². The summed E-state index contributed by atoms with van der Waals surface area (Å²) in [7, 11) is 1.68. The van der Waals surface area contributed by atoms with Crippen molar-refractivity contribution in [1.82, 2.24) is 9.78 Å². The molecule has 0 saturated heterocycles. The summed E-state index contributed by atoms with van der Waals surface area (Å²) in [6.07, 6.45) is 0. The second-order valence-electron chi connectivity index (χ2n) is 3.95. The lowest BCUT2D eigenvalue weighted by atomic mass is 10.3. The number of rotatable bonds is 2. The predicted octanol–water partition coefficient (Wildman–Crippen LogP) is 3.54. The van der Waals surface area contributed by atoms with E-state index in [9.17, 15) is 9.18 Å². The van der Waals surface area contributed by atoms with Gasteiger partial charge in [-0.1, -0.05) is 27.5 Å². The second-order valence-corrected chi connectivity index (χ2v) is 5.24. The summed E-state index contributed by atoms with van der Waals surface area (Å²) in [6, 6.07) is 4.35. The molecule has 2 rings (SSSR count). The first kappa shape index (κ1) is 14.0. The first-order valence-electron chi connectivity index (χ1n) is 5.35. The van der Waals surface area contributed by atoms with Crippen LogP contribution in [0.4, 0.5) is 10.1 Å². The second kappa shape index (κ2) is 5.30. The molecular formula is C12H10BrClFN3O. The topological polar surface area (TPSA) is 46.9 Å². The van der Waals surface area contributed by atoms with Gasteiger partial charge in [0.05, 0.1) is 16.4 Å². The minimum absolute atomic E-state index is 0.0731. The summed E-state index contributed by atoms with van der Waals surface area (Å²) in [6.45, 7) is 1.74. The predicted molar refractivity (Wildman–Crippen MR) is 75.0 cm³/mol. The molecule has 4 nitrogen and oxygen atoms in total. The van der Waals surface area contributed by atoms with Crippen molar-refractivity contribution in [2.75, 3.05) is 5.32 Å². The van der Waals surface area contributed by atoms with Gasteiger partial charge in [0.2, 0.25) is 0 Å². The molecule has 0 fully saturated rings. The molecule has 0 saturated carbocycles. The van der Waals surface area contributed by atoms with Gasteiger partial charge >= 0.3 is 0 Å². The summed E-state index contributed by atoms with van der Waals surface area (Å²) >= 11 is 9.14. The average molecular weight is 347 g/mol. The van der Waals surface area contributed by atoms with E-state index in [2.05, 4.69) is 26.3 Å². The number of amides is 1. The van der Waals surface area contributed by atoms with Crippen molar-refractivity contribution in [3.05, 3.63) is 44.9 Å². The number of aromatic nitrogens is 2. The van der Waals surface area contributed by atoms with E-state index in [1.807, 2.05) is 0 Å². The third-order valence-corrected chi connectivity index (χ3v) is 3.60. The van der Waals surface area contributed by atoms with Crippen molar-refractivity contribution in [3.8, 4) is 0 Å². The molecule has 0 bridgehead atoms. The largest absolute Gasteiger partial charge is 0.318 e. The van der Waals surface area contributed by atoms with Crippen LogP contribution in [0, 0.1) is 12.7 Å². The maximum absolute atomic E-state index is 13.6. The number of nitrogens with zero attached hydrogens (tertiary/aromatic N) is 2. The van der Waals surface area contributed by atoms with E-state index in [-0.39, 0.29) is 16.4 Å². The van der Waals surface area contributed by atoms with Gasteiger partial charge < -0.3 is 5.32 Å². The maximum Gasteiger partial charge on any atom is 0.277 e. The molecule has 0 spiro atoms. The van der Waals surface area contributed by atoms with Crippen molar-refractivity contribution in [3.63, 3.8) is 0 Å². The molecule has 19 heavy (non-hydrogen) atoms. The van der Waals surface area contributed by atoms with Gasteiger partial charge in [-0.2, -0.15) is 5.10 Å². The lowest BCUT2D eigenvalue weighted by molar-refractivity contribution is 0.102. The number of carbonyl (C=O) groups excluding carboxylic acids is 1. The molecule has 1 amide bonds. The van der Waals surface area contributed by atoms with Crippen LogP contribution in [0.2, 0.25) is 5.02 Å². The van der Waals surface area contributed by atoms with E-state index < -0.39 is 11.7 Å². The van der Waals surface area contributed by atoms with Gasteiger partial charge in [-0.3, -0.25) is 9.48 Å². The lowest BCUT2D eigenvalue weighted by Crippen LogP contribution is -2.14. The van der Waals surface area contributed by atoms with Crippen LogP contribution in [0.25, 0.3) is 0 Å². The Hall–Kier alpha value is -1.40. The molecule has 1 aromatic heterocycles. The Kier molecular flexibility index (Phi) is 3.91. The van der Waals surface area contributed by atoms with E-state index in [4.69, 9.17) is 11.6 Å². The number of halogens is 3. The Morgan fingerprint density at radius 2 is 2.21 bits per heavy atom. The Morgan fingerprint density at radius 1 is 1.53 bits per heavy atom. The lowest BCUT2D eigenvalue weighted by Gasteiger charge is -2.05. The van der Waals surface area contributed by atoms with Gasteiger partial charge in [-0.05, 0) is 25.1 Å². The van der Waals surface area contributed by atoms with Gasteiger partial charge in [-0.25, -0.2) is 4.39 Å². The first-order valence-corrected chi connectivity index (χ1v) is 6.52. The SMILES string of the molecule is Cc1c(Cl)c(C(=O)Nc2ccc(Br)cc2F)nn1C. The zero-order chi connectivity index (χ0) is 14.2. The van der Waals surface area contributed by atoms with E-state index in [1.54, 1.807) is 20.0 Å². The molecule has 1 aromatic carbocycles.